The number of fused-ring (bicyclic) bond motifs is 1. The molecule has 5 aromatic rings. The molecular formula is C40H51N7O3Si. The van der Waals surface area contributed by atoms with Gasteiger partial charge in [0, 0.05) is 56.2 Å². The van der Waals surface area contributed by atoms with Crippen LogP contribution in [0.3, 0.4) is 0 Å². The minimum atomic E-state index is -1.27. The summed E-state index contributed by atoms with van der Waals surface area (Å²) >= 11 is 0. The van der Waals surface area contributed by atoms with Gasteiger partial charge in [-0.3, -0.25) is 4.90 Å². The third kappa shape index (κ3) is 8.09. The van der Waals surface area contributed by atoms with Crippen LogP contribution in [0, 0.1) is 0 Å². The van der Waals surface area contributed by atoms with Crippen LogP contribution in [-0.2, 0) is 16.2 Å². The lowest BCUT2D eigenvalue weighted by Gasteiger charge is -2.29. The number of nitrogens with zero attached hydrogens (tertiary/aromatic N) is 6. The monoisotopic (exact) mass is 705 g/mol. The molecule has 1 amide bonds. The number of carbonyl (C=O) groups is 1. The fourth-order valence-corrected chi connectivity index (χ4v) is 7.94. The Morgan fingerprint density at radius 3 is 2.27 bits per heavy atom. The molecule has 2 aromatic carbocycles. The van der Waals surface area contributed by atoms with Crippen molar-refractivity contribution in [3.63, 3.8) is 0 Å². The van der Waals surface area contributed by atoms with Gasteiger partial charge < -0.3 is 19.0 Å². The Kier molecular flexibility index (Phi) is 9.86. The van der Waals surface area contributed by atoms with Gasteiger partial charge in [-0.1, -0.05) is 56.7 Å². The Morgan fingerprint density at radius 2 is 1.57 bits per heavy atom. The lowest BCUT2D eigenvalue weighted by atomic mass is 10.0. The Bertz CT molecular complexity index is 1980. The predicted octanol–water partition coefficient (Wildman–Crippen LogP) is 9.59. The number of aromatic nitrogens is 6. The molecule has 11 heteroatoms. The van der Waals surface area contributed by atoms with Crippen molar-refractivity contribution in [2.45, 2.75) is 109 Å². The number of rotatable bonds is 10. The third-order valence-electron chi connectivity index (χ3n) is 9.98. The summed E-state index contributed by atoms with van der Waals surface area (Å²) in [5.41, 5.74) is 4.29. The van der Waals surface area contributed by atoms with E-state index in [1.807, 2.05) is 45.6 Å². The van der Waals surface area contributed by atoms with E-state index in [0.717, 1.165) is 69.4 Å². The molecule has 0 bridgehead atoms. The summed E-state index contributed by atoms with van der Waals surface area (Å²) in [4.78, 5) is 37.8. The molecule has 7 rings (SSSR count). The fourth-order valence-electron chi connectivity index (χ4n) is 7.18. The average molecular weight is 706 g/mol. The van der Waals surface area contributed by atoms with Crippen molar-refractivity contribution in [1.29, 1.82) is 0 Å². The van der Waals surface area contributed by atoms with E-state index in [4.69, 9.17) is 29.4 Å². The number of H-pyrrole nitrogens is 1. The standard InChI is InChI=1S/C40H51N7O3Si/c1-40(2,3)50-39(48)46-17-9-12-34(46)38-44-25-35(47(38)26-49-18-19-51(4,5)6)32-22-41-36(42-23-32)31-16-14-28-20-30(15-13-29(28)21-31)33-24-43-37(45-33)27-10-7-8-11-27/h13-16,20-25,27,34H,7-12,17-19,26H2,1-6H3,(H,43,45)/t34-/m0/s1. The molecule has 4 heterocycles. The molecule has 2 fully saturated rings. The van der Waals surface area contributed by atoms with E-state index >= 15 is 0 Å². The molecule has 2 aliphatic rings. The van der Waals surface area contributed by atoms with Crippen molar-refractivity contribution in [1.82, 2.24) is 34.4 Å². The molecule has 10 nitrogen and oxygen atoms in total. The first-order valence-corrected chi connectivity index (χ1v) is 22.2. The van der Waals surface area contributed by atoms with E-state index in [9.17, 15) is 4.79 Å². The first-order valence-electron chi connectivity index (χ1n) is 18.5. The molecule has 1 aliphatic carbocycles. The molecule has 1 N–H and O–H groups in total. The van der Waals surface area contributed by atoms with Crippen molar-refractivity contribution in [2.75, 3.05) is 13.2 Å². The van der Waals surface area contributed by atoms with Crippen molar-refractivity contribution >= 4 is 24.9 Å². The van der Waals surface area contributed by atoms with Gasteiger partial charge in [0.2, 0.25) is 0 Å². The number of aromatic amines is 1. The van der Waals surface area contributed by atoms with Crippen LogP contribution >= 0.6 is 0 Å². The van der Waals surface area contributed by atoms with Crippen molar-refractivity contribution in [2.24, 2.45) is 0 Å². The maximum atomic E-state index is 13.2. The van der Waals surface area contributed by atoms with Crippen molar-refractivity contribution in [3.8, 4) is 33.9 Å². The third-order valence-corrected chi connectivity index (χ3v) is 11.7. The van der Waals surface area contributed by atoms with Gasteiger partial charge in [-0.25, -0.2) is 24.7 Å². The van der Waals surface area contributed by atoms with Crippen LogP contribution in [0.2, 0.25) is 25.7 Å². The highest BCUT2D eigenvalue weighted by atomic mass is 28.3. The van der Waals surface area contributed by atoms with E-state index in [2.05, 4.69) is 65.6 Å². The highest BCUT2D eigenvalue weighted by Gasteiger charge is 2.36. The zero-order valence-corrected chi connectivity index (χ0v) is 31.9. The Balaban J connectivity index is 1.12. The number of hydrogen-bond donors (Lipinski definition) is 1. The number of imidazole rings is 2. The minimum Gasteiger partial charge on any atom is -0.444 e. The maximum Gasteiger partial charge on any atom is 0.410 e. The van der Waals surface area contributed by atoms with E-state index in [-0.39, 0.29) is 12.1 Å². The number of carbonyl (C=O) groups excluding carboxylic acids is 1. The molecule has 3 aromatic heterocycles. The predicted molar refractivity (Wildman–Crippen MR) is 204 cm³/mol. The summed E-state index contributed by atoms with van der Waals surface area (Å²) in [6.07, 6.45) is 14.0. The number of benzene rings is 2. The highest BCUT2D eigenvalue weighted by molar-refractivity contribution is 6.76. The number of ether oxygens (including phenoxy) is 2. The molecule has 0 radical (unpaired) electrons. The fraction of sp³-hybridized carbons (Fsp3) is 0.475. The number of likely N-dealkylation sites (tertiary alicyclic amines) is 1. The zero-order valence-electron chi connectivity index (χ0n) is 30.9. The van der Waals surface area contributed by atoms with Crippen LogP contribution in [0.5, 0.6) is 0 Å². The SMILES string of the molecule is CC(C)(C)OC(=O)N1CCC[C@H]1c1ncc(-c2cnc(-c3ccc4cc(-c5cnc(C6CCCC6)[nH]5)ccc4c3)nc2)n1COCC[Si](C)(C)C. The van der Waals surface area contributed by atoms with Gasteiger partial charge in [-0.15, -0.1) is 0 Å². The van der Waals surface area contributed by atoms with Gasteiger partial charge in [-0.2, -0.15) is 0 Å². The van der Waals surface area contributed by atoms with Gasteiger partial charge in [0.1, 0.15) is 24.0 Å². The second-order valence-corrected chi connectivity index (χ2v) is 22.0. The Hall–Kier alpha value is -4.35. The number of nitrogens with one attached hydrogen (secondary N) is 1. The lowest BCUT2D eigenvalue weighted by Crippen LogP contribution is -2.37. The normalized spacial score (nSPS) is 17.1. The number of amides is 1. The topological polar surface area (TPSA) is 111 Å². The van der Waals surface area contributed by atoms with E-state index in [1.165, 1.54) is 25.7 Å². The molecule has 1 saturated carbocycles. The van der Waals surface area contributed by atoms with Crippen LogP contribution in [-0.4, -0.2) is 67.3 Å². The molecule has 1 atom stereocenters. The van der Waals surface area contributed by atoms with Gasteiger partial charge in [0.25, 0.3) is 0 Å². The van der Waals surface area contributed by atoms with Crippen LogP contribution < -0.4 is 0 Å². The van der Waals surface area contributed by atoms with Crippen LogP contribution in [0.15, 0.2) is 61.2 Å². The molecule has 1 saturated heterocycles. The van der Waals surface area contributed by atoms with Crippen molar-refractivity contribution < 1.29 is 14.3 Å². The lowest BCUT2D eigenvalue weighted by molar-refractivity contribution is 0.0204. The minimum absolute atomic E-state index is 0.199. The second kappa shape index (κ2) is 14.3. The van der Waals surface area contributed by atoms with Crippen LogP contribution in [0.1, 0.15) is 82.9 Å². The van der Waals surface area contributed by atoms with Gasteiger partial charge >= 0.3 is 6.09 Å². The van der Waals surface area contributed by atoms with Crippen molar-refractivity contribution in [3.05, 3.63) is 72.8 Å². The van der Waals surface area contributed by atoms with E-state index in [1.54, 1.807) is 4.90 Å². The smallest absolute Gasteiger partial charge is 0.410 e. The molecule has 0 unspecified atom stereocenters. The van der Waals surface area contributed by atoms with Crippen LogP contribution in [0.25, 0.3) is 44.7 Å². The van der Waals surface area contributed by atoms with Crippen LogP contribution in [0.4, 0.5) is 4.79 Å². The maximum absolute atomic E-state index is 13.2. The summed E-state index contributed by atoms with van der Waals surface area (Å²) in [6.45, 7) is 14.4. The molecular weight excluding hydrogens is 655 g/mol. The Labute approximate surface area is 302 Å². The van der Waals surface area contributed by atoms with Gasteiger partial charge in [0.05, 0.1) is 29.8 Å². The number of hydrogen-bond acceptors (Lipinski definition) is 7. The summed E-state index contributed by atoms with van der Waals surface area (Å²) < 4.78 is 14.1. The summed E-state index contributed by atoms with van der Waals surface area (Å²) in [6, 6.07) is 13.8. The summed E-state index contributed by atoms with van der Waals surface area (Å²) in [5.74, 6) is 3.13. The first kappa shape index (κ1) is 35.1. The molecule has 0 spiro atoms. The van der Waals surface area contributed by atoms with E-state index in [0.29, 0.717) is 31.6 Å². The van der Waals surface area contributed by atoms with Gasteiger partial charge in [0.15, 0.2) is 5.82 Å². The highest BCUT2D eigenvalue weighted by Crippen LogP contribution is 2.36. The average Bonchev–Trinajstić information content (AvgIpc) is 3.92. The first-order chi connectivity index (χ1) is 24.4. The Morgan fingerprint density at radius 1 is 0.863 bits per heavy atom. The summed E-state index contributed by atoms with van der Waals surface area (Å²) in [5, 5.41) is 2.28. The largest absolute Gasteiger partial charge is 0.444 e. The van der Waals surface area contributed by atoms with Gasteiger partial charge in [-0.05, 0) is 75.4 Å². The molecule has 1 aliphatic heterocycles. The molecule has 268 valence electrons. The summed E-state index contributed by atoms with van der Waals surface area (Å²) in [7, 11) is -1.27. The zero-order chi connectivity index (χ0) is 35.8. The van der Waals surface area contributed by atoms with E-state index < -0.39 is 13.7 Å². The molecule has 51 heavy (non-hydrogen) atoms. The quantitative estimate of drug-likeness (QED) is 0.114. The second-order valence-electron chi connectivity index (χ2n) is 16.3.